The molecule has 0 radical (unpaired) electrons. The number of halogens is 4. The van der Waals surface area contributed by atoms with E-state index >= 15 is 0 Å². The zero-order valence-corrected chi connectivity index (χ0v) is 14.8. The van der Waals surface area contributed by atoms with Crippen LogP contribution >= 0.6 is 11.6 Å². The Kier molecular flexibility index (Phi) is 4.80. The molecule has 27 heavy (non-hydrogen) atoms. The molecule has 3 aromatic rings. The lowest BCUT2D eigenvalue weighted by Crippen LogP contribution is -2.42. The predicted molar refractivity (Wildman–Crippen MR) is 90.8 cm³/mol. The molecule has 1 aromatic carbocycles. The Hall–Kier alpha value is -2.70. The Morgan fingerprint density at radius 3 is 2.67 bits per heavy atom. The van der Waals surface area contributed by atoms with Crippen LogP contribution in [-0.2, 0) is 12.1 Å². The first-order valence-electron chi connectivity index (χ1n) is 7.87. The van der Waals surface area contributed by atoms with E-state index in [0.29, 0.717) is 21.5 Å². The summed E-state index contributed by atoms with van der Waals surface area (Å²) in [5, 5.41) is 27.1. The summed E-state index contributed by atoms with van der Waals surface area (Å²) in [6.07, 6.45) is -4.38. The van der Waals surface area contributed by atoms with E-state index in [9.17, 15) is 18.3 Å². The highest BCUT2D eigenvalue weighted by Crippen LogP contribution is 2.40. The SMILES string of the molecule is CCC(O)(c1cn(Cc2ccc3c(Cl)cc(C#N)nc3c2)nn1)C(F)(F)F. The molecule has 0 spiro atoms. The number of alkyl halides is 3. The molecule has 0 aliphatic heterocycles. The maximum absolute atomic E-state index is 13.1. The second kappa shape index (κ2) is 6.79. The standard InChI is InChI=1S/C17H13ClF3N5O/c1-2-16(27,17(19,20)21)15-9-26(25-24-15)8-10-3-4-12-13(18)6-11(7-22)23-14(12)5-10/h3-6,9,27H,2,8H2,1H3. The number of benzene rings is 1. The fraction of sp³-hybridized carbons (Fsp3) is 0.294. The van der Waals surface area contributed by atoms with Gasteiger partial charge in [-0.2, -0.15) is 18.4 Å². The van der Waals surface area contributed by atoms with Gasteiger partial charge in [-0.15, -0.1) is 5.10 Å². The van der Waals surface area contributed by atoms with E-state index < -0.39 is 23.9 Å². The molecule has 0 aliphatic rings. The summed E-state index contributed by atoms with van der Waals surface area (Å²) in [5.41, 5.74) is -2.30. The fourth-order valence-corrected chi connectivity index (χ4v) is 2.93. The molecule has 0 saturated heterocycles. The summed E-state index contributed by atoms with van der Waals surface area (Å²) >= 11 is 6.11. The number of fused-ring (bicyclic) bond motifs is 1. The molecule has 3 rings (SSSR count). The lowest BCUT2D eigenvalue weighted by molar-refractivity contribution is -0.269. The molecule has 10 heteroatoms. The van der Waals surface area contributed by atoms with Crippen molar-refractivity contribution < 1.29 is 18.3 Å². The molecular formula is C17H13ClF3N5O. The normalized spacial score (nSPS) is 14.1. The molecule has 2 aromatic heterocycles. The van der Waals surface area contributed by atoms with Gasteiger partial charge in [0.25, 0.3) is 0 Å². The summed E-state index contributed by atoms with van der Waals surface area (Å²) in [6, 6.07) is 8.46. The highest BCUT2D eigenvalue weighted by atomic mass is 35.5. The molecule has 0 amide bonds. The van der Waals surface area contributed by atoms with Crippen LogP contribution in [0.25, 0.3) is 10.9 Å². The number of nitriles is 1. The molecule has 6 nitrogen and oxygen atoms in total. The van der Waals surface area contributed by atoms with Crippen molar-refractivity contribution in [1.29, 1.82) is 5.26 Å². The van der Waals surface area contributed by atoms with E-state index in [4.69, 9.17) is 16.9 Å². The second-order valence-electron chi connectivity index (χ2n) is 5.97. The van der Waals surface area contributed by atoms with E-state index in [-0.39, 0.29) is 12.2 Å². The van der Waals surface area contributed by atoms with Crippen molar-refractivity contribution in [2.45, 2.75) is 31.7 Å². The Labute approximate surface area is 156 Å². The molecular weight excluding hydrogens is 383 g/mol. The lowest BCUT2D eigenvalue weighted by atomic mass is 9.96. The molecule has 0 aliphatic carbocycles. The zero-order chi connectivity index (χ0) is 19.8. The summed E-state index contributed by atoms with van der Waals surface area (Å²) in [5.74, 6) is 0. The third kappa shape index (κ3) is 3.46. The highest BCUT2D eigenvalue weighted by Gasteiger charge is 2.55. The number of aliphatic hydroxyl groups is 1. The molecule has 1 atom stereocenters. The van der Waals surface area contributed by atoms with Crippen molar-refractivity contribution >= 4 is 22.5 Å². The quantitative estimate of drug-likeness (QED) is 0.729. The van der Waals surface area contributed by atoms with Gasteiger partial charge in [-0.25, -0.2) is 9.67 Å². The smallest absolute Gasteiger partial charge is 0.375 e. The van der Waals surface area contributed by atoms with Gasteiger partial charge in [0.1, 0.15) is 17.5 Å². The van der Waals surface area contributed by atoms with Gasteiger partial charge >= 0.3 is 6.18 Å². The van der Waals surface area contributed by atoms with Gasteiger partial charge in [-0.05, 0) is 24.1 Å². The monoisotopic (exact) mass is 395 g/mol. The number of aromatic nitrogens is 4. The number of hydrogen-bond acceptors (Lipinski definition) is 5. The van der Waals surface area contributed by atoms with Gasteiger partial charge in [0, 0.05) is 5.39 Å². The maximum atomic E-state index is 13.1. The summed E-state index contributed by atoms with van der Waals surface area (Å²) in [7, 11) is 0. The first kappa shape index (κ1) is 19.1. The van der Waals surface area contributed by atoms with E-state index in [2.05, 4.69) is 15.3 Å². The van der Waals surface area contributed by atoms with Crippen molar-refractivity contribution in [3.63, 3.8) is 0 Å². The van der Waals surface area contributed by atoms with Gasteiger partial charge in [-0.1, -0.05) is 35.9 Å². The first-order valence-corrected chi connectivity index (χ1v) is 8.24. The molecule has 0 saturated carbocycles. The third-order valence-corrected chi connectivity index (χ3v) is 4.54. The molecule has 2 heterocycles. The van der Waals surface area contributed by atoms with Crippen molar-refractivity contribution in [3.05, 3.63) is 52.4 Å². The summed E-state index contributed by atoms with van der Waals surface area (Å²) in [6.45, 7) is 1.33. The van der Waals surface area contributed by atoms with Crippen LogP contribution in [0.15, 0.2) is 30.5 Å². The van der Waals surface area contributed by atoms with Gasteiger partial charge in [0.15, 0.2) is 0 Å². The number of hydrogen-bond donors (Lipinski definition) is 1. The van der Waals surface area contributed by atoms with Crippen LogP contribution in [0.2, 0.25) is 5.02 Å². The molecule has 140 valence electrons. The van der Waals surface area contributed by atoms with Crippen LogP contribution in [0.4, 0.5) is 13.2 Å². The maximum Gasteiger partial charge on any atom is 0.423 e. The molecule has 1 unspecified atom stereocenters. The average molecular weight is 396 g/mol. The van der Waals surface area contributed by atoms with Gasteiger partial charge in [0.05, 0.1) is 23.3 Å². The van der Waals surface area contributed by atoms with Crippen LogP contribution in [0, 0.1) is 11.3 Å². The largest absolute Gasteiger partial charge is 0.423 e. The lowest BCUT2D eigenvalue weighted by Gasteiger charge is -2.26. The molecule has 1 N–H and O–H groups in total. The van der Waals surface area contributed by atoms with E-state index in [1.807, 2.05) is 6.07 Å². The van der Waals surface area contributed by atoms with Crippen molar-refractivity contribution in [3.8, 4) is 6.07 Å². The predicted octanol–water partition coefficient (Wildman–Crippen LogP) is 3.56. The van der Waals surface area contributed by atoms with Gasteiger partial charge in [0.2, 0.25) is 5.60 Å². The Bertz CT molecular complexity index is 1040. The third-order valence-electron chi connectivity index (χ3n) is 4.23. The van der Waals surface area contributed by atoms with E-state index in [0.717, 1.165) is 6.20 Å². The average Bonchev–Trinajstić information content (AvgIpc) is 3.08. The zero-order valence-electron chi connectivity index (χ0n) is 14.0. The van der Waals surface area contributed by atoms with E-state index in [1.165, 1.54) is 17.7 Å². The van der Waals surface area contributed by atoms with Crippen LogP contribution in [-0.4, -0.2) is 31.3 Å². The van der Waals surface area contributed by atoms with Crippen molar-refractivity contribution in [2.24, 2.45) is 0 Å². The first-order chi connectivity index (χ1) is 12.7. The van der Waals surface area contributed by atoms with Gasteiger partial charge < -0.3 is 5.11 Å². The minimum atomic E-state index is -4.86. The van der Waals surface area contributed by atoms with E-state index in [1.54, 1.807) is 18.2 Å². The second-order valence-corrected chi connectivity index (χ2v) is 6.37. The van der Waals surface area contributed by atoms with Gasteiger partial charge in [-0.3, -0.25) is 0 Å². The Morgan fingerprint density at radius 1 is 1.30 bits per heavy atom. The number of nitrogens with zero attached hydrogens (tertiary/aromatic N) is 5. The van der Waals surface area contributed by atoms with Crippen molar-refractivity contribution in [1.82, 2.24) is 20.0 Å². The minimum Gasteiger partial charge on any atom is -0.375 e. The van der Waals surface area contributed by atoms with Crippen LogP contribution in [0.1, 0.15) is 30.3 Å². The van der Waals surface area contributed by atoms with Crippen molar-refractivity contribution in [2.75, 3.05) is 0 Å². The Morgan fingerprint density at radius 2 is 2.04 bits per heavy atom. The van der Waals surface area contributed by atoms with Crippen LogP contribution < -0.4 is 0 Å². The van der Waals surface area contributed by atoms with Crippen LogP contribution in [0.3, 0.4) is 0 Å². The topological polar surface area (TPSA) is 87.6 Å². The summed E-state index contributed by atoms with van der Waals surface area (Å²) < 4.78 is 40.6. The minimum absolute atomic E-state index is 0.108. The highest BCUT2D eigenvalue weighted by molar-refractivity contribution is 6.35. The number of rotatable bonds is 4. The summed E-state index contributed by atoms with van der Waals surface area (Å²) in [4.78, 5) is 4.17. The molecule has 0 fully saturated rings. The molecule has 0 bridgehead atoms. The number of pyridine rings is 1. The fourth-order valence-electron chi connectivity index (χ4n) is 2.67. The Balaban J connectivity index is 1.93. The van der Waals surface area contributed by atoms with Crippen LogP contribution in [0.5, 0.6) is 0 Å².